The average Bonchev–Trinajstić information content (AvgIpc) is 2.53. The Hall–Kier alpha value is -1.78. The van der Waals surface area contributed by atoms with Gasteiger partial charge in [0, 0.05) is 5.56 Å². The van der Waals surface area contributed by atoms with Crippen LogP contribution in [0.1, 0.15) is 17.0 Å². The van der Waals surface area contributed by atoms with Crippen LogP contribution in [0.3, 0.4) is 0 Å². The van der Waals surface area contributed by atoms with Gasteiger partial charge >= 0.3 is 5.97 Å². The Bertz CT molecular complexity index is 495. The van der Waals surface area contributed by atoms with Crippen LogP contribution in [0.2, 0.25) is 0 Å². The minimum atomic E-state index is -0.901. The second-order valence-electron chi connectivity index (χ2n) is 3.24. The number of nitrogens with zero attached hydrogens (tertiary/aromatic N) is 2. The third-order valence-electron chi connectivity index (χ3n) is 2.07. The zero-order valence-electron chi connectivity index (χ0n) is 7.94. The van der Waals surface area contributed by atoms with Gasteiger partial charge in [0.1, 0.15) is 6.42 Å². The van der Waals surface area contributed by atoms with Crippen LogP contribution >= 0.6 is 0 Å². The Labute approximate surface area is 79.9 Å². The van der Waals surface area contributed by atoms with E-state index in [1.54, 1.807) is 6.20 Å². The number of fused-ring (bicyclic) bond motifs is 1. The Balaban J connectivity index is 2.52. The molecule has 0 amide bonds. The molecule has 0 aliphatic carbocycles. The number of rotatable bonds is 2. The summed E-state index contributed by atoms with van der Waals surface area (Å²) in [5, 5.41) is 8.62. The number of imidazole rings is 1. The van der Waals surface area contributed by atoms with E-state index in [0.29, 0.717) is 11.4 Å². The van der Waals surface area contributed by atoms with Gasteiger partial charge in [-0.15, -0.1) is 0 Å². The van der Waals surface area contributed by atoms with Crippen LogP contribution in [0.25, 0.3) is 5.65 Å². The van der Waals surface area contributed by atoms with Crippen LogP contribution in [0, 0.1) is 13.8 Å². The van der Waals surface area contributed by atoms with Crippen LogP contribution in [0.4, 0.5) is 0 Å². The summed E-state index contributed by atoms with van der Waals surface area (Å²) in [5.74, 6) is -0.443. The summed E-state index contributed by atoms with van der Waals surface area (Å²) in [7, 11) is 0. The number of carbonyl (C=O) groups is 1. The standard InChI is InChI=1S/C9H10N2O3/c1-5-4-11-9(10-5)6(2)7(14-11)3-8(12)13/h4H,3H2,1-2H3,(H,12,13). The van der Waals surface area contributed by atoms with Gasteiger partial charge in [-0.1, -0.05) is 0 Å². The fourth-order valence-electron chi connectivity index (χ4n) is 1.41. The van der Waals surface area contributed by atoms with E-state index in [4.69, 9.17) is 9.63 Å². The first-order valence-electron chi connectivity index (χ1n) is 4.24. The normalized spacial score (nSPS) is 11.0. The van der Waals surface area contributed by atoms with Crippen molar-refractivity contribution in [3.63, 3.8) is 0 Å². The van der Waals surface area contributed by atoms with Crippen LogP contribution in [-0.2, 0) is 11.2 Å². The molecule has 0 aromatic carbocycles. The van der Waals surface area contributed by atoms with Gasteiger partial charge in [0.25, 0.3) is 0 Å². The van der Waals surface area contributed by atoms with Gasteiger partial charge in [0.05, 0.1) is 11.9 Å². The molecule has 2 heterocycles. The molecule has 2 aromatic rings. The highest BCUT2D eigenvalue weighted by molar-refractivity contribution is 5.70. The molecule has 5 nitrogen and oxygen atoms in total. The monoisotopic (exact) mass is 194 g/mol. The van der Waals surface area contributed by atoms with Gasteiger partial charge in [0.15, 0.2) is 11.4 Å². The van der Waals surface area contributed by atoms with E-state index >= 15 is 0 Å². The number of aromatic nitrogens is 2. The van der Waals surface area contributed by atoms with Gasteiger partial charge in [-0.05, 0) is 13.8 Å². The summed E-state index contributed by atoms with van der Waals surface area (Å²) in [6, 6.07) is 0. The van der Waals surface area contributed by atoms with Crippen LogP contribution in [0.5, 0.6) is 0 Å². The average molecular weight is 194 g/mol. The second-order valence-corrected chi connectivity index (χ2v) is 3.24. The van der Waals surface area contributed by atoms with Gasteiger partial charge < -0.3 is 9.63 Å². The fourth-order valence-corrected chi connectivity index (χ4v) is 1.41. The summed E-state index contributed by atoms with van der Waals surface area (Å²) in [5.41, 5.74) is 2.34. The maximum absolute atomic E-state index is 10.5. The fraction of sp³-hybridized carbons (Fsp3) is 0.333. The zero-order valence-corrected chi connectivity index (χ0v) is 7.94. The topological polar surface area (TPSA) is 67.7 Å². The van der Waals surface area contributed by atoms with E-state index in [1.807, 2.05) is 13.8 Å². The number of aryl methyl sites for hydroxylation is 2. The molecule has 0 saturated carbocycles. The second kappa shape index (κ2) is 2.87. The molecule has 2 rings (SSSR count). The van der Waals surface area contributed by atoms with E-state index in [-0.39, 0.29) is 6.42 Å². The lowest BCUT2D eigenvalue weighted by molar-refractivity contribution is -0.136. The quantitative estimate of drug-likeness (QED) is 0.779. The molecule has 74 valence electrons. The third-order valence-corrected chi connectivity index (χ3v) is 2.07. The lowest BCUT2D eigenvalue weighted by Gasteiger charge is -1.90. The van der Waals surface area contributed by atoms with E-state index in [1.165, 1.54) is 4.57 Å². The van der Waals surface area contributed by atoms with Crippen molar-refractivity contribution in [2.24, 2.45) is 0 Å². The van der Waals surface area contributed by atoms with Gasteiger partial charge in [-0.2, -0.15) is 4.57 Å². The van der Waals surface area contributed by atoms with E-state index in [0.717, 1.165) is 11.3 Å². The van der Waals surface area contributed by atoms with Crippen molar-refractivity contribution >= 4 is 11.6 Å². The van der Waals surface area contributed by atoms with Crippen molar-refractivity contribution < 1.29 is 14.4 Å². The van der Waals surface area contributed by atoms with Crippen molar-refractivity contribution in [3.8, 4) is 0 Å². The predicted octanol–water partition coefficient (Wildman–Crippen LogP) is 1.17. The minimum absolute atomic E-state index is 0.103. The molecule has 0 atom stereocenters. The summed E-state index contributed by atoms with van der Waals surface area (Å²) in [6.45, 7) is 3.67. The molecule has 0 saturated heterocycles. The number of aliphatic carboxylic acids is 1. The lowest BCUT2D eigenvalue weighted by atomic mass is 10.2. The first-order chi connectivity index (χ1) is 6.58. The van der Waals surface area contributed by atoms with Crippen molar-refractivity contribution in [3.05, 3.63) is 23.2 Å². The van der Waals surface area contributed by atoms with Gasteiger partial charge in [0.2, 0.25) is 0 Å². The highest BCUT2D eigenvalue weighted by Crippen LogP contribution is 2.17. The smallest absolute Gasteiger partial charge is 0.311 e. The van der Waals surface area contributed by atoms with Crippen molar-refractivity contribution in [1.82, 2.24) is 9.56 Å². The van der Waals surface area contributed by atoms with Crippen LogP contribution < -0.4 is 0 Å². The van der Waals surface area contributed by atoms with Gasteiger partial charge in [-0.25, -0.2) is 4.98 Å². The molecule has 0 bridgehead atoms. The SMILES string of the molecule is Cc1cn2oc(CC(=O)O)c(C)c2n1. The Morgan fingerprint density at radius 2 is 2.36 bits per heavy atom. The van der Waals surface area contributed by atoms with Crippen LogP contribution in [0.15, 0.2) is 10.7 Å². The minimum Gasteiger partial charge on any atom is -0.481 e. The third kappa shape index (κ3) is 1.26. The van der Waals surface area contributed by atoms with E-state index in [9.17, 15) is 4.79 Å². The molecule has 2 aromatic heterocycles. The maximum Gasteiger partial charge on any atom is 0.311 e. The first kappa shape index (κ1) is 8.80. The molecule has 14 heavy (non-hydrogen) atoms. The van der Waals surface area contributed by atoms with E-state index < -0.39 is 5.97 Å². The zero-order chi connectivity index (χ0) is 10.3. The Morgan fingerprint density at radius 1 is 1.64 bits per heavy atom. The summed E-state index contributed by atoms with van der Waals surface area (Å²) < 4.78 is 6.81. The molecule has 0 spiro atoms. The molecule has 0 aliphatic rings. The molecular formula is C9H10N2O3. The van der Waals surface area contributed by atoms with Gasteiger partial charge in [-0.3, -0.25) is 4.79 Å². The lowest BCUT2D eigenvalue weighted by Crippen LogP contribution is -1.99. The summed E-state index contributed by atoms with van der Waals surface area (Å²) >= 11 is 0. The highest BCUT2D eigenvalue weighted by Gasteiger charge is 2.14. The Morgan fingerprint density at radius 3 is 2.93 bits per heavy atom. The highest BCUT2D eigenvalue weighted by atomic mass is 16.5. The number of hydrogen-bond donors (Lipinski definition) is 1. The molecule has 0 radical (unpaired) electrons. The molecule has 0 fully saturated rings. The number of carboxylic acids is 1. The predicted molar refractivity (Wildman–Crippen MR) is 48.3 cm³/mol. The summed E-state index contributed by atoms with van der Waals surface area (Å²) in [6.07, 6.45) is 1.63. The maximum atomic E-state index is 10.5. The number of carboxylic acid groups (broad SMARTS) is 1. The molecule has 5 heteroatoms. The molecule has 0 aliphatic heterocycles. The Kier molecular flexibility index (Phi) is 1.80. The van der Waals surface area contributed by atoms with Crippen molar-refractivity contribution in [2.45, 2.75) is 20.3 Å². The number of hydrogen-bond acceptors (Lipinski definition) is 3. The molecular weight excluding hydrogens is 184 g/mol. The van der Waals surface area contributed by atoms with E-state index in [2.05, 4.69) is 4.98 Å². The van der Waals surface area contributed by atoms with Crippen molar-refractivity contribution in [1.29, 1.82) is 0 Å². The summed E-state index contributed by atoms with van der Waals surface area (Å²) in [4.78, 5) is 14.7. The molecule has 0 unspecified atom stereocenters. The largest absolute Gasteiger partial charge is 0.481 e. The molecule has 1 N–H and O–H groups in total. The van der Waals surface area contributed by atoms with Crippen molar-refractivity contribution in [2.75, 3.05) is 0 Å². The first-order valence-corrected chi connectivity index (χ1v) is 4.24. The van der Waals surface area contributed by atoms with Crippen LogP contribution in [-0.4, -0.2) is 20.6 Å².